The molecule has 1 amide bonds. The van der Waals surface area contributed by atoms with Crippen molar-refractivity contribution >= 4 is 23.1 Å². The van der Waals surface area contributed by atoms with Crippen LogP contribution in [0.5, 0.6) is 5.75 Å². The average molecular weight is 425 g/mol. The molecule has 0 aromatic heterocycles. The van der Waals surface area contributed by atoms with Crippen LogP contribution < -0.4 is 10.1 Å². The van der Waals surface area contributed by atoms with Crippen LogP contribution in [0.2, 0.25) is 0 Å². The number of likely N-dealkylation sites (tertiary alicyclic amines) is 1. The second-order valence-electron chi connectivity index (χ2n) is 7.68. The number of aryl methyl sites for hydroxylation is 1. The Bertz CT molecular complexity index is 950. The van der Waals surface area contributed by atoms with Gasteiger partial charge in [0, 0.05) is 29.3 Å². The summed E-state index contributed by atoms with van der Waals surface area (Å²) in [6, 6.07) is 11.6. The van der Waals surface area contributed by atoms with Crippen molar-refractivity contribution in [3.63, 3.8) is 0 Å². The number of non-ortho nitro benzene ring substituents is 1. The van der Waals surface area contributed by atoms with Crippen molar-refractivity contribution in [2.75, 3.05) is 31.6 Å². The predicted octanol–water partition coefficient (Wildman–Crippen LogP) is 3.84. The van der Waals surface area contributed by atoms with E-state index in [1.54, 1.807) is 25.1 Å². The highest BCUT2D eigenvalue weighted by molar-refractivity contribution is 5.98. The van der Waals surface area contributed by atoms with Crippen molar-refractivity contribution < 1.29 is 19.2 Å². The molecule has 1 aliphatic heterocycles. The molecule has 1 N–H and O–H groups in total. The van der Waals surface area contributed by atoms with Crippen LogP contribution in [-0.4, -0.2) is 47.8 Å². The molecule has 0 aliphatic carbocycles. The number of anilines is 1. The molecular weight excluding hydrogens is 398 g/mol. The Kier molecular flexibility index (Phi) is 7.36. The summed E-state index contributed by atoms with van der Waals surface area (Å²) >= 11 is 0. The van der Waals surface area contributed by atoms with Crippen LogP contribution in [0.15, 0.2) is 42.5 Å². The minimum Gasteiger partial charge on any atom is -0.494 e. The molecule has 3 rings (SSSR count). The minimum atomic E-state index is -0.461. The molecule has 1 heterocycles. The fourth-order valence-corrected chi connectivity index (χ4v) is 3.77. The van der Waals surface area contributed by atoms with Crippen LogP contribution in [0, 0.1) is 23.0 Å². The molecule has 1 aliphatic rings. The van der Waals surface area contributed by atoms with E-state index < -0.39 is 4.92 Å². The van der Waals surface area contributed by atoms with E-state index in [-0.39, 0.29) is 29.8 Å². The first-order valence-electron chi connectivity index (χ1n) is 10.4. The van der Waals surface area contributed by atoms with Crippen LogP contribution in [-0.2, 0) is 4.79 Å². The van der Waals surface area contributed by atoms with Crippen molar-refractivity contribution in [2.24, 2.45) is 5.92 Å². The molecular formula is C23H27N3O5. The normalized spacial score (nSPS) is 14.8. The van der Waals surface area contributed by atoms with Crippen LogP contribution in [0.4, 0.5) is 11.4 Å². The highest BCUT2D eigenvalue weighted by Crippen LogP contribution is 2.24. The van der Waals surface area contributed by atoms with Crippen molar-refractivity contribution in [3.8, 4) is 5.75 Å². The number of nitrogens with zero attached hydrogens (tertiary/aromatic N) is 2. The maximum atomic E-state index is 12.8. The van der Waals surface area contributed by atoms with E-state index in [4.69, 9.17) is 4.74 Å². The molecule has 0 bridgehead atoms. The quantitative estimate of drug-likeness (QED) is 0.392. The largest absolute Gasteiger partial charge is 0.494 e. The van der Waals surface area contributed by atoms with Gasteiger partial charge in [0.15, 0.2) is 5.78 Å². The Balaban J connectivity index is 1.49. The third-order valence-electron chi connectivity index (χ3n) is 5.47. The first-order valence-corrected chi connectivity index (χ1v) is 10.4. The van der Waals surface area contributed by atoms with E-state index in [0.29, 0.717) is 49.4 Å². The number of nitrogens with one attached hydrogen (secondary N) is 1. The fraction of sp³-hybridized carbons (Fsp3) is 0.391. The third-order valence-corrected chi connectivity index (χ3v) is 5.47. The number of hydrogen-bond donors (Lipinski definition) is 1. The number of nitro benzene ring substituents is 1. The topological polar surface area (TPSA) is 102 Å². The number of benzene rings is 2. The number of Topliss-reactive ketones (excluding diaryl/α,β-unsaturated/α-hetero) is 1. The number of ether oxygens (including phenoxy) is 1. The van der Waals surface area contributed by atoms with Crippen LogP contribution >= 0.6 is 0 Å². The van der Waals surface area contributed by atoms with Crippen molar-refractivity contribution in [1.29, 1.82) is 0 Å². The van der Waals surface area contributed by atoms with Gasteiger partial charge in [0.1, 0.15) is 5.75 Å². The number of piperidine rings is 1. The molecule has 0 saturated carbocycles. The van der Waals surface area contributed by atoms with Gasteiger partial charge in [-0.05, 0) is 75.7 Å². The predicted molar refractivity (Wildman–Crippen MR) is 118 cm³/mol. The first-order chi connectivity index (χ1) is 14.9. The summed E-state index contributed by atoms with van der Waals surface area (Å²) in [5, 5.41) is 13.7. The lowest BCUT2D eigenvalue weighted by Gasteiger charge is -2.30. The number of rotatable bonds is 8. The molecule has 31 heavy (non-hydrogen) atoms. The lowest BCUT2D eigenvalue weighted by Crippen LogP contribution is -2.40. The van der Waals surface area contributed by atoms with Gasteiger partial charge in [-0.25, -0.2) is 0 Å². The van der Waals surface area contributed by atoms with Crippen LogP contribution in [0.3, 0.4) is 0 Å². The molecule has 2 aromatic carbocycles. The first kappa shape index (κ1) is 22.4. The number of amides is 1. The molecule has 0 spiro atoms. The standard InChI is InChI=1S/C23H27N3O5/c1-3-31-20-7-4-17(5-8-20)23(28)18-10-12-25(13-11-18)15-22(27)24-21-9-6-19(26(29)30)14-16(21)2/h4-9,14,18H,3,10-13,15H2,1-2H3,(H,24,27). The maximum absolute atomic E-state index is 12.8. The van der Waals surface area contributed by atoms with E-state index >= 15 is 0 Å². The molecule has 1 saturated heterocycles. The summed E-state index contributed by atoms with van der Waals surface area (Å²) in [5.74, 6) is 0.666. The summed E-state index contributed by atoms with van der Waals surface area (Å²) in [7, 11) is 0. The smallest absolute Gasteiger partial charge is 0.269 e. The van der Waals surface area contributed by atoms with E-state index in [0.717, 1.165) is 5.75 Å². The summed E-state index contributed by atoms with van der Waals surface area (Å²) in [6.45, 7) is 5.78. The number of carbonyl (C=O) groups is 2. The molecule has 2 aromatic rings. The highest BCUT2D eigenvalue weighted by Gasteiger charge is 2.26. The Morgan fingerprint density at radius 2 is 1.84 bits per heavy atom. The van der Waals surface area contributed by atoms with Crippen LogP contribution in [0.25, 0.3) is 0 Å². The van der Waals surface area contributed by atoms with Gasteiger partial charge >= 0.3 is 0 Å². The van der Waals surface area contributed by atoms with E-state index in [9.17, 15) is 19.7 Å². The van der Waals surface area contributed by atoms with E-state index in [2.05, 4.69) is 5.32 Å². The lowest BCUT2D eigenvalue weighted by molar-refractivity contribution is -0.384. The summed E-state index contributed by atoms with van der Waals surface area (Å²) < 4.78 is 5.42. The average Bonchev–Trinajstić information content (AvgIpc) is 2.76. The van der Waals surface area contributed by atoms with Gasteiger partial charge < -0.3 is 10.1 Å². The molecule has 0 radical (unpaired) electrons. The zero-order valence-corrected chi connectivity index (χ0v) is 17.8. The molecule has 0 unspecified atom stereocenters. The van der Waals surface area contributed by atoms with Gasteiger partial charge in [-0.2, -0.15) is 0 Å². The van der Waals surface area contributed by atoms with Gasteiger partial charge in [0.25, 0.3) is 5.69 Å². The Hall–Kier alpha value is -3.26. The second kappa shape index (κ2) is 10.2. The lowest BCUT2D eigenvalue weighted by atomic mass is 9.89. The summed E-state index contributed by atoms with van der Waals surface area (Å²) in [4.78, 5) is 37.6. The van der Waals surface area contributed by atoms with E-state index in [1.807, 2.05) is 24.0 Å². The van der Waals surface area contributed by atoms with Crippen molar-refractivity contribution in [1.82, 2.24) is 4.90 Å². The number of ketones is 1. The molecule has 164 valence electrons. The Morgan fingerprint density at radius 1 is 1.16 bits per heavy atom. The second-order valence-corrected chi connectivity index (χ2v) is 7.68. The molecule has 0 atom stereocenters. The number of carbonyl (C=O) groups excluding carboxylic acids is 2. The SMILES string of the molecule is CCOc1ccc(C(=O)C2CCN(CC(=O)Nc3ccc([N+](=O)[O-])cc3C)CC2)cc1. The van der Waals surface area contributed by atoms with Crippen molar-refractivity contribution in [2.45, 2.75) is 26.7 Å². The third kappa shape index (κ3) is 5.88. The Labute approximate surface area is 181 Å². The van der Waals surface area contributed by atoms with Gasteiger partial charge in [0.05, 0.1) is 18.1 Å². The molecule has 1 fully saturated rings. The number of nitro groups is 1. The van der Waals surface area contributed by atoms with E-state index in [1.165, 1.54) is 12.1 Å². The molecule has 8 nitrogen and oxygen atoms in total. The summed E-state index contributed by atoms with van der Waals surface area (Å²) in [6.07, 6.45) is 1.41. The van der Waals surface area contributed by atoms with Crippen molar-refractivity contribution in [3.05, 3.63) is 63.7 Å². The summed E-state index contributed by atoms with van der Waals surface area (Å²) in [5.41, 5.74) is 1.89. The van der Waals surface area contributed by atoms with Gasteiger partial charge in [-0.3, -0.25) is 24.6 Å². The van der Waals surface area contributed by atoms with Gasteiger partial charge in [0.2, 0.25) is 5.91 Å². The zero-order chi connectivity index (χ0) is 22.4. The zero-order valence-electron chi connectivity index (χ0n) is 17.8. The minimum absolute atomic E-state index is 0.00484. The molecule has 8 heteroatoms. The number of hydrogen-bond acceptors (Lipinski definition) is 6. The Morgan fingerprint density at radius 3 is 2.42 bits per heavy atom. The highest BCUT2D eigenvalue weighted by atomic mass is 16.6. The fourth-order valence-electron chi connectivity index (χ4n) is 3.77. The van der Waals surface area contributed by atoms with Gasteiger partial charge in [-0.1, -0.05) is 0 Å². The van der Waals surface area contributed by atoms with Gasteiger partial charge in [-0.15, -0.1) is 0 Å². The maximum Gasteiger partial charge on any atom is 0.269 e. The van der Waals surface area contributed by atoms with Crippen LogP contribution in [0.1, 0.15) is 35.7 Å². The monoisotopic (exact) mass is 425 g/mol.